The highest BCUT2D eigenvalue weighted by molar-refractivity contribution is 8.01. The van der Waals surface area contributed by atoms with Crippen LogP contribution in [-0.4, -0.2) is 39.8 Å². The molecule has 2 aromatic heterocycles. The van der Waals surface area contributed by atoms with Crippen LogP contribution in [0.1, 0.15) is 5.89 Å². The molecule has 0 amide bonds. The fraction of sp³-hybridized carbons (Fsp3) is 0.556. The van der Waals surface area contributed by atoms with Gasteiger partial charge in [-0.2, -0.15) is 4.68 Å². The molecule has 0 aromatic carbocycles. The zero-order valence-electron chi connectivity index (χ0n) is 10.3. The summed E-state index contributed by atoms with van der Waals surface area (Å²) >= 11 is 3.07. The molecular weight excluding hydrogens is 274 g/mol. The molecule has 0 saturated heterocycles. The molecule has 0 saturated carbocycles. The van der Waals surface area contributed by atoms with Gasteiger partial charge in [-0.3, -0.25) is 0 Å². The van der Waals surface area contributed by atoms with Gasteiger partial charge in [-0.1, -0.05) is 23.1 Å². The van der Waals surface area contributed by atoms with Crippen molar-refractivity contribution in [3.05, 3.63) is 16.4 Å². The predicted molar refractivity (Wildman–Crippen MR) is 70.5 cm³/mol. The van der Waals surface area contributed by atoms with Gasteiger partial charge < -0.3 is 9.32 Å². The van der Waals surface area contributed by atoms with Crippen molar-refractivity contribution < 1.29 is 4.42 Å². The smallest absolute Gasteiger partial charge is 0.393 e. The molecule has 0 fully saturated rings. The van der Waals surface area contributed by atoms with Gasteiger partial charge in [0.15, 0.2) is 4.34 Å². The largest absolute Gasteiger partial charge is 0.437 e. The maximum absolute atomic E-state index is 11.3. The zero-order valence-corrected chi connectivity index (χ0v) is 11.9. The molecule has 0 unspecified atom stereocenters. The standard InChI is InChI=1S/C9H13N5O2S2/c1-6-12-14(9(15)16-6)4-5-17-8-11-10-7(18-8)13(2)3/h4-5H2,1-3H3. The highest BCUT2D eigenvalue weighted by Crippen LogP contribution is 2.26. The molecular formula is C9H13N5O2S2. The maximum atomic E-state index is 11.3. The number of hydrogen-bond acceptors (Lipinski definition) is 8. The Balaban J connectivity index is 1.88. The van der Waals surface area contributed by atoms with Gasteiger partial charge in [-0.25, -0.2) is 4.79 Å². The first-order valence-electron chi connectivity index (χ1n) is 5.24. The lowest BCUT2D eigenvalue weighted by Gasteiger charge is -2.03. The molecule has 2 heterocycles. The summed E-state index contributed by atoms with van der Waals surface area (Å²) in [5, 5.41) is 12.9. The summed E-state index contributed by atoms with van der Waals surface area (Å²) in [6.45, 7) is 2.15. The lowest BCUT2D eigenvalue weighted by atomic mass is 10.8. The third-order valence-electron chi connectivity index (χ3n) is 2.01. The number of rotatable bonds is 5. The van der Waals surface area contributed by atoms with Gasteiger partial charge in [0, 0.05) is 26.8 Å². The van der Waals surface area contributed by atoms with Crippen LogP contribution in [-0.2, 0) is 6.54 Å². The molecule has 0 spiro atoms. The first-order valence-corrected chi connectivity index (χ1v) is 7.04. The molecule has 0 aliphatic carbocycles. The quantitative estimate of drug-likeness (QED) is 0.755. The van der Waals surface area contributed by atoms with Crippen molar-refractivity contribution >= 4 is 28.2 Å². The summed E-state index contributed by atoms with van der Waals surface area (Å²) in [4.78, 5) is 13.2. The molecule has 0 atom stereocenters. The number of aryl methyl sites for hydroxylation is 2. The molecule has 9 heteroatoms. The molecule has 0 aliphatic heterocycles. The molecule has 18 heavy (non-hydrogen) atoms. The third-order valence-corrected chi connectivity index (χ3v) is 4.22. The minimum absolute atomic E-state index is 0.385. The molecule has 0 radical (unpaired) electrons. The van der Waals surface area contributed by atoms with Crippen molar-refractivity contribution in [2.75, 3.05) is 24.7 Å². The normalized spacial score (nSPS) is 10.8. The second-order valence-corrected chi connectivity index (χ2v) is 6.00. The van der Waals surface area contributed by atoms with Gasteiger partial charge in [-0.15, -0.1) is 15.3 Å². The van der Waals surface area contributed by atoms with Crippen molar-refractivity contribution in [2.45, 2.75) is 17.8 Å². The van der Waals surface area contributed by atoms with E-state index in [-0.39, 0.29) is 0 Å². The molecule has 0 N–H and O–H groups in total. The van der Waals surface area contributed by atoms with Crippen LogP contribution in [0.25, 0.3) is 0 Å². The fourth-order valence-electron chi connectivity index (χ4n) is 1.21. The SMILES string of the molecule is Cc1nn(CCSc2nnc(N(C)C)s2)c(=O)o1. The summed E-state index contributed by atoms with van der Waals surface area (Å²) in [5.41, 5.74) is 0. The van der Waals surface area contributed by atoms with E-state index in [0.717, 1.165) is 9.47 Å². The Morgan fingerprint density at radius 2 is 2.22 bits per heavy atom. The second-order valence-electron chi connectivity index (χ2n) is 3.70. The number of thioether (sulfide) groups is 1. The molecule has 2 aromatic rings. The van der Waals surface area contributed by atoms with E-state index in [0.29, 0.717) is 18.2 Å². The first kappa shape index (κ1) is 13.1. The Morgan fingerprint density at radius 3 is 2.78 bits per heavy atom. The Bertz CT molecular complexity index is 574. The van der Waals surface area contributed by atoms with Gasteiger partial charge in [0.05, 0.1) is 6.54 Å². The summed E-state index contributed by atoms with van der Waals surface area (Å²) in [6, 6.07) is 0. The highest BCUT2D eigenvalue weighted by Gasteiger charge is 2.08. The number of aromatic nitrogens is 4. The lowest BCUT2D eigenvalue weighted by molar-refractivity contribution is 0.464. The first-order chi connectivity index (χ1) is 8.56. The fourth-order valence-corrected chi connectivity index (χ4v) is 2.96. The summed E-state index contributed by atoms with van der Waals surface area (Å²) in [7, 11) is 3.85. The van der Waals surface area contributed by atoms with Gasteiger partial charge in [0.1, 0.15) is 0 Å². The van der Waals surface area contributed by atoms with Crippen molar-refractivity contribution in [1.29, 1.82) is 0 Å². The number of nitrogens with zero attached hydrogens (tertiary/aromatic N) is 5. The van der Waals surface area contributed by atoms with E-state index in [2.05, 4.69) is 15.3 Å². The number of hydrogen-bond donors (Lipinski definition) is 0. The highest BCUT2D eigenvalue weighted by atomic mass is 32.2. The Hall–Kier alpha value is -1.35. The van der Waals surface area contributed by atoms with Crippen LogP contribution >= 0.6 is 23.1 Å². The zero-order chi connectivity index (χ0) is 13.1. The van der Waals surface area contributed by atoms with Gasteiger partial charge in [-0.05, 0) is 0 Å². The Morgan fingerprint density at radius 1 is 1.44 bits per heavy atom. The Kier molecular flexibility index (Phi) is 4.02. The average Bonchev–Trinajstić information content (AvgIpc) is 2.87. The van der Waals surface area contributed by atoms with Crippen LogP contribution < -0.4 is 10.7 Å². The van der Waals surface area contributed by atoms with Crippen molar-refractivity contribution in [1.82, 2.24) is 20.0 Å². The van der Waals surface area contributed by atoms with E-state index in [4.69, 9.17) is 4.42 Å². The van der Waals surface area contributed by atoms with Crippen LogP contribution in [0.2, 0.25) is 0 Å². The van der Waals surface area contributed by atoms with Crippen LogP contribution in [0, 0.1) is 6.92 Å². The molecule has 98 valence electrons. The van der Waals surface area contributed by atoms with Crippen LogP contribution in [0.4, 0.5) is 5.13 Å². The van der Waals surface area contributed by atoms with Gasteiger partial charge in [0.2, 0.25) is 11.0 Å². The molecule has 7 nitrogen and oxygen atoms in total. The van der Waals surface area contributed by atoms with Crippen molar-refractivity contribution in [2.24, 2.45) is 0 Å². The topological polar surface area (TPSA) is 77.1 Å². The summed E-state index contributed by atoms with van der Waals surface area (Å²) in [5.74, 6) is 0.670. The summed E-state index contributed by atoms with van der Waals surface area (Å²) in [6.07, 6.45) is 0. The van der Waals surface area contributed by atoms with Gasteiger partial charge >= 0.3 is 5.76 Å². The number of anilines is 1. The van der Waals surface area contributed by atoms with Gasteiger partial charge in [0.25, 0.3) is 0 Å². The van der Waals surface area contributed by atoms with E-state index < -0.39 is 5.76 Å². The van der Waals surface area contributed by atoms with E-state index in [1.165, 1.54) is 16.0 Å². The second kappa shape index (κ2) is 5.53. The van der Waals surface area contributed by atoms with E-state index in [1.54, 1.807) is 18.7 Å². The van der Waals surface area contributed by atoms with E-state index >= 15 is 0 Å². The monoisotopic (exact) mass is 287 g/mol. The van der Waals surface area contributed by atoms with Crippen LogP contribution in [0.15, 0.2) is 13.6 Å². The third kappa shape index (κ3) is 3.10. The molecule has 0 bridgehead atoms. The predicted octanol–water partition coefficient (Wildman–Crippen LogP) is 0.855. The maximum Gasteiger partial charge on any atom is 0.437 e. The lowest BCUT2D eigenvalue weighted by Crippen LogP contribution is -2.17. The molecule has 0 aliphatic rings. The van der Waals surface area contributed by atoms with E-state index in [9.17, 15) is 4.79 Å². The van der Waals surface area contributed by atoms with Crippen molar-refractivity contribution in [3.8, 4) is 0 Å². The van der Waals surface area contributed by atoms with Crippen LogP contribution in [0.5, 0.6) is 0 Å². The Labute approximate surface area is 112 Å². The minimum Gasteiger partial charge on any atom is -0.393 e. The van der Waals surface area contributed by atoms with Crippen molar-refractivity contribution in [3.63, 3.8) is 0 Å². The van der Waals surface area contributed by atoms with Crippen LogP contribution in [0.3, 0.4) is 0 Å². The summed E-state index contributed by atoms with van der Waals surface area (Å²) < 4.78 is 7.00. The van der Waals surface area contributed by atoms with E-state index in [1.807, 2.05) is 19.0 Å². The minimum atomic E-state index is -0.417. The average molecular weight is 287 g/mol. The molecule has 2 rings (SSSR count).